The van der Waals surface area contributed by atoms with E-state index in [9.17, 15) is 4.79 Å². The molecule has 2 aromatic rings. The van der Waals surface area contributed by atoms with Gasteiger partial charge in [-0.25, -0.2) is 9.97 Å². The SMILES string of the molecule is COc1cnccc1C(=O)Nc1ncnc(Cl)c1Cl. The predicted molar refractivity (Wildman–Crippen MR) is 70.8 cm³/mol. The number of carbonyl (C=O) groups excluding carboxylic acids is 1. The predicted octanol–water partition coefficient (Wildman–Crippen LogP) is 2.44. The van der Waals surface area contributed by atoms with Gasteiger partial charge >= 0.3 is 0 Å². The number of methoxy groups -OCH3 is 1. The Labute approximate surface area is 118 Å². The molecule has 98 valence electrons. The van der Waals surface area contributed by atoms with E-state index >= 15 is 0 Å². The second-order valence-corrected chi connectivity index (χ2v) is 4.09. The molecule has 0 fully saturated rings. The molecule has 19 heavy (non-hydrogen) atoms. The Morgan fingerprint density at radius 1 is 1.37 bits per heavy atom. The molecule has 0 spiro atoms. The summed E-state index contributed by atoms with van der Waals surface area (Å²) in [5.74, 6) is 0.0396. The molecule has 2 aromatic heterocycles. The summed E-state index contributed by atoms with van der Waals surface area (Å²) in [5.41, 5.74) is 0.309. The van der Waals surface area contributed by atoms with Crippen molar-refractivity contribution >= 4 is 34.9 Å². The summed E-state index contributed by atoms with van der Waals surface area (Å²) in [6, 6.07) is 1.52. The standard InChI is InChI=1S/C11H8Cl2N4O2/c1-19-7-4-14-3-2-6(7)11(18)17-10-8(12)9(13)15-5-16-10/h2-5H,1H3,(H,15,16,17,18). The van der Waals surface area contributed by atoms with Crippen molar-refractivity contribution in [3.8, 4) is 5.75 Å². The number of carbonyl (C=O) groups is 1. The molecule has 0 aromatic carbocycles. The molecule has 0 aliphatic rings. The number of anilines is 1. The zero-order chi connectivity index (χ0) is 13.8. The first-order valence-electron chi connectivity index (χ1n) is 5.09. The molecule has 0 atom stereocenters. The molecular formula is C11H8Cl2N4O2. The normalized spacial score (nSPS) is 10.1. The molecule has 0 unspecified atom stereocenters. The van der Waals surface area contributed by atoms with E-state index in [1.807, 2.05) is 0 Å². The van der Waals surface area contributed by atoms with Gasteiger partial charge in [0.25, 0.3) is 5.91 Å². The molecule has 0 saturated heterocycles. The van der Waals surface area contributed by atoms with E-state index in [0.29, 0.717) is 11.3 Å². The van der Waals surface area contributed by atoms with Crippen LogP contribution < -0.4 is 10.1 Å². The lowest BCUT2D eigenvalue weighted by atomic mass is 10.2. The van der Waals surface area contributed by atoms with Crippen LogP contribution in [0.4, 0.5) is 5.82 Å². The maximum absolute atomic E-state index is 12.1. The zero-order valence-corrected chi connectivity index (χ0v) is 11.2. The van der Waals surface area contributed by atoms with Crippen LogP contribution in [0.1, 0.15) is 10.4 Å². The summed E-state index contributed by atoms with van der Waals surface area (Å²) in [7, 11) is 1.45. The minimum Gasteiger partial charge on any atom is -0.494 e. The Morgan fingerprint density at radius 3 is 2.89 bits per heavy atom. The highest BCUT2D eigenvalue weighted by atomic mass is 35.5. The van der Waals surface area contributed by atoms with E-state index in [0.717, 1.165) is 0 Å². The van der Waals surface area contributed by atoms with E-state index in [1.165, 1.54) is 31.9 Å². The van der Waals surface area contributed by atoms with Crippen LogP contribution in [-0.4, -0.2) is 28.0 Å². The molecule has 0 bridgehead atoms. The largest absolute Gasteiger partial charge is 0.494 e. The van der Waals surface area contributed by atoms with Gasteiger partial charge in [0.1, 0.15) is 17.1 Å². The summed E-state index contributed by atoms with van der Waals surface area (Å²) in [6.07, 6.45) is 4.11. The molecule has 0 saturated carbocycles. The fraction of sp³-hybridized carbons (Fsp3) is 0.0909. The van der Waals surface area contributed by atoms with Crippen LogP contribution in [0.15, 0.2) is 24.8 Å². The van der Waals surface area contributed by atoms with Gasteiger partial charge in [0.2, 0.25) is 0 Å². The second-order valence-electron chi connectivity index (χ2n) is 3.36. The van der Waals surface area contributed by atoms with Gasteiger partial charge < -0.3 is 10.1 Å². The lowest BCUT2D eigenvalue weighted by molar-refractivity contribution is 0.102. The number of rotatable bonds is 3. The summed E-state index contributed by atoms with van der Waals surface area (Å²) in [6.45, 7) is 0. The van der Waals surface area contributed by atoms with Gasteiger partial charge in [0.05, 0.1) is 18.9 Å². The van der Waals surface area contributed by atoms with Crippen molar-refractivity contribution in [2.24, 2.45) is 0 Å². The van der Waals surface area contributed by atoms with E-state index in [-0.39, 0.29) is 16.0 Å². The van der Waals surface area contributed by atoms with Crippen molar-refractivity contribution in [2.45, 2.75) is 0 Å². The van der Waals surface area contributed by atoms with Gasteiger partial charge in [-0.05, 0) is 6.07 Å². The quantitative estimate of drug-likeness (QED) is 0.881. The van der Waals surface area contributed by atoms with E-state index in [1.54, 1.807) is 0 Å². The van der Waals surface area contributed by atoms with E-state index < -0.39 is 5.91 Å². The van der Waals surface area contributed by atoms with Gasteiger partial charge in [-0.1, -0.05) is 23.2 Å². The molecule has 0 aliphatic carbocycles. The number of ether oxygens (including phenoxy) is 1. The van der Waals surface area contributed by atoms with Crippen LogP contribution in [0, 0.1) is 0 Å². The average Bonchev–Trinajstić information content (AvgIpc) is 2.43. The number of hydrogen-bond donors (Lipinski definition) is 1. The van der Waals surface area contributed by atoms with Crippen molar-refractivity contribution in [1.82, 2.24) is 15.0 Å². The van der Waals surface area contributed by atoms with Gasteiger partial charge in [0.15, 0.2) is 11.0 Å². The molecule has 6 nitrogen and oxygen atoms in total. The molecule has 2 heterocycles. The Morgan fingerprint density at radius 2 is 2.16 bits per heavy atom. The van der Waals surface area contributed by atoms with E-state index in [2.05, 4.69) is 20.3 Å². The third-order valence-corrected chi connectivity index (χ3v) is 2.97. The maximum Gasteiger partial charge on any atom is 0.260 e. The average molecular weight is 299 g/mol. The Hall–Kier alpha value is -1.92. The summed E-state index contributed by atoms with van der Waals surface area (Å²) < 4.78 is 5.04. The molecule has 2 rings (SSSR count). The Bertz CT molecular complexity index is 621. The highest BCUT2D eigenvalue weighted by Crippen LogP contribution is 2.26. The van der Waals surface area contributed by atoms with Crippen molar-refractivity contribution in [2.75, 3.05) is 12.4 Å². The van der Waals surface area contributed by atoms with Crippen LogP contribution in [0.2, 0.25) is 10.2 Å². The fourth-order valence-corrected chi connectivity index (χ4v) is 1.62. The molecule has 0 aliphatic heterocycles. The molecule has 0 radical (unpaired) electrons. The number of pyridine rings is 1. The second kappa shape index (κ2) is 5.81. The zero-order valence-electron chi connectivity index (χ0n) is 9.72. The number of nitrogens with zero attached hydrogens (tertiary/aromatic N) is 3. The van der Waals surface area contributed by atoms with Crippen molar-refractivity contribution in [3.05, 3.63) is 40.5 Å². The lowest BCUT2D eigenvalue weighted by Crippen LogP contribution is -2.14. The van der Waals surface area contributed by atoms with Gasteiger partial charge in [-0.15, -0.1) is 0 Å². The van der Waals surface area contributed by atoms with Gasteiger partial charge in [0, 0.05) is 6.20 Å². The number of amides is 1. The van der Waals surface area contributed by atoms with Crippen molar-refractivity contribution in [1.29, 1.82) is 0 Å². The fourth-order valence-electron chi connectivity index (χ4n) is 1.34. The maximum atomic E-state index is 12.1. The van der Waals surface area contributed by atoms with Crippen LogP contribution in [0.25, 0.3) is 0 Å². The minimum absolute atomic E-state index is 0.0636. The van der Waals surface area contributed by atoms with Gasteiger partial charge in [-0.3, -0.25) is 9.78 Å². The highest BCUT2D eigenvalue weighted by molar-refractivity contribution is 6.43. The minimum atomic E-state index is -0.434. The van der Waals surface area contributed by atoms with Crippen molar-refractivity contribution < 1.29 is 9.53 Å². The van der Waals surface area contributed by atoms with Crippen LogP contribution in [0.5, 0.6) is 5.75 Å². The number of halogens is 2. The van der Waals surface area contributed by atoms with Crippen molar-refractivity contribution in [3.63, 3.8) is 0 Å². The molecule has 1 amide bonds. The first-order chi connectivity index (χ1) is 9.13. The Kier molecular flexibility index (Phi) is 4.13. The highest BCUT2D eigenvalue weighted by Gasteiger charge is 2.15. The number of nitrogens with one attached hydrogen (secondary N) is 1. The van der Waals surface area contributed by atoms with E-state index in [4.69, 9.17) is 27.9 Å². The lowest BCUT2D eigenvalue weighted by Gasteiger charge is -2.09. The third kappa shape index (κ3) is 2.91. The summed E-state index contributed by atoms with van der Waals surface area (Å²) in [4.78, 5) is 23.5. The smallest absolute Gasteiger partial charge is 0.260 e. The molecular weight excluding hydrogens is 291 g/mol. The Balaban J connectivity index is 2.28. The van der Waals surface area contributed by atoms with Crippen LogP contribution >= 0.6 is 23.2 Å². The topological polar surface area (TPSA) is 77.0 Å². The summed E-state index contributed by atoms with van der Waals surface area (Å²) in [5, 5.41) is 2.67. The third-order valence-electron chi connectivity index (χ3n) is 2.23. The van der Waals surface area contributed by atoms with Crippen LogP contribution in [-0.2, 0) is 0 Å². The monoisotopic (exact) mass is 298 g/mol. The number of aromatic nitrogens is 3. The number of hydrogen-bond acceptors (Lipinski definition) is 5. The van der Waals surface area contributed by atoms with Crippen LogP contribution in [0.3, 0.4) is 0 Å². The first kappa shape index (κ1) is 13.5. The summed E-state index contributed by atoms with van der Waals surface area (Å²) >= 11 is 11.6. The van der Waals surface area contributed by atoms with Gasteiger partial charge in [-0.2, -0.15) is 0 Å². The first-order valence-corrected chi connectivity index (χ1v) is 5.84. The molecule has 1 N–H and O–H groups in total. The molecule has 8 heteroatoms.